The fraction of sp³-hybridized carbons (Fsp3) is 0.520. The molecule has 2 amide bonds. The maximum absolute atomic E-state index is 14.5. The Kier molecular flexibility index (Phi) is 6.66. The molecule has 182 valence electrons. The highest BCUT2D eigenvalue weighted by molar-refractivity contribution is 5.99. The molecule has 7 nitrogen and oxygen atoms in total. The molecule has 4 rings (SSSR count). The number of carbonyl (C=O) groups is 2. The molecule has 0 bridgehead atoms. The number of fused-ring (bicyclic) bond motifs is 1. The molecule has 2 N–H and O–H groups in total. The van der Waals surface area contributed by atoms with Gasteiger partial charge in [-0.05, 0) is 63.5 Å². The first-order chi connectivity index (χ1) is 16.1. The van der Waals surface area contributed by atoms with Crippen LogP contribution in [0.3, 0.4) is 0 Å². The Labute approximate surface area is 198 Å². The predicted molar refractivity (Wildman–Crippen MR) is 125 cm³/mol. The molecule has 0 saturated heterocycles. The lowest BCUT2D eigenvalue weighted by Crippen LogP contribution is -2.43. The van der Waals surface area contributed by atoms with Crippen LogP contribution < -0.4 is 10.6 Å². The summed E-state index contributed by atoms with van der Waals surface area (Å²) in [5, 5.41) is 5.78. The van der Waals surface area contributed by atoms with Crippen molar-refractivity contribution in [3.05, 3.63) is 53.6 Å². The van der Waals surface area contributed by atoms with E-state index in [2.05, 4.69) is 20.6 Å². The average molecular weight is 472 g/mol. The highest BCUT2D eigenvalue weighted by atomic mass is 19.3. The van der Waals surface area contributed by atoms with Crippen molar-refractivity contribution < 1.29 is 18.4 Å². The molecule has 1 aliphatic heterocycles. The molecule has 1 saturated carbocycles. The summed E-state index contributed by atoms with van der Waals surface area (Å²) < 4.78 is 29.0. The van der Waals surface area contributed by atoms with Crippen molar-refractivity contribution in [3.63, 3.8) is 0 Å². The van der Waals surface area contributed by atoms with Gasteiger partial charge in [-0.15, -0.1) is 0 Å². The van der Waals surface area contributed by atoms with Gasteiger partial charge in [0.05, 0.1) is 6.42 Å². The number of amides is 2. The first-order valence-corrected chi connectivity index (χ1v) is 11.6. The fourth-order valence-electron chi connectivity index (χ4n) is 4.86. The highest BCUT2D eigenvalue weighted by Crippen LogP contribution is 2.65. The molecule has 0 spiro atoms. The lowest BCUT2D eigenvalue weighted by molar-refractivity contribution is -0.124. The molecule has 1 aromatic carbocycles. The number of benzene rings is 1. The molecule has 2 aromatic rings. The average Bonchev–Trinajstić information content (AvgIpc) is 3.51. The van der Waals surface area contributed by atoms with Crippen LogP contribution in [0.5, 0.6) is 0 Å². The van der Waals surface area contributed by atoms with Gasteiger partial charge in [-0.25, -0.2) is 18.7 Å². The Balaban J connectivity index is 1.41. The first kappa shape index (κ1) is 24.2. The molecule has 2 heterocycles. The fourth-order valence-corrected chi connectivity index (χ4v) is 4.86. The van der Waals surface area contributed by atoms with Crippen LogP contribution in [0, 0.1) is 5.41 Å². The van der Waals surface area contributed by atoms with Crippen LogP contribution in [0.25, 0.3) is 0 Å². The molecule has 0 radical (unpaired) electrons. The zero-order chi connectivity index (χ0) is 24.5. The molecule has 1 unspecified atom stereocenters. The van der Waals surface area contributed by atoms with Gasteiger partial charge in [0.1, 0.15) is 5.82 Å². The van der Waals surface area contributed by atoms with E-state index in [0.29, 0.717) is 38.1 Å². The Morgan fingerprint density at radius 3 is 2.59 bits per heavy atom. The summed E-state index contributed by atoms with van der Waals surface area (Å²) in [6.07, 6.45) is 4.72. The van der Waals surface area contributed by atoms with Gasteiger partial charge in [0.15, 0.2) is 0 Å². The minimum atomic E-state index is -2.92. The number of nitrogens with one attached hydrogen (secondary N) is 2. The number of likely N-dealkylation sites (N-methyl/N-ethyl adjacent to an activating group) is 1. The molecule has 1 fully saturated rings. The van der Waals surface area contributed by atoms with E-state index in [4.69, 9.17) is 0 Å². The zero-order valence-electron chi connectivity index (χ0n) is 19.8. The number of nitrogens with zero attached hydrogens (tertiary/aromatic N) is 3. The third-order valence-corrected chi connectivity index (χ3v) is 7.15. The lowest BCUT2D eigenvalue weighted by atomic mass is 9.80. The van der Waals surface area contributed by atoms with Crippen molar-refractivity contribution in [2.45, 2.75) is 56.9 Å². The van der Waals surface area contributed by atoms with Gasteiger partial charge in [0.25, 0.3) is 5.92 Å². The van der Waals surface area contributed by atoms with E-state index >= 15 is 0 Å². The van der Waals surface area contributed by atoms with Crippen molar-refractivity contribution in [2.75, 3.05) is 26.0 Å². The summed E-state index contributed by atoms with van der Waals surface area (Å²) in [5.41, 5.74) is 1.62. The summed E-state index contributed by atoms with van der Waals surface area (Å²) in [6.45, 7) is 1.30. The van der Waals surface area contributed by atoms with E-state index in [-0.39, 0.29) is 24.3 Å². The molecular formula is C25H31F2N5O2. The van der Waals surface area contributed by atoms with Crippen molar-refractivity contribution in [1.82, 2.24) is 20.2 Å². The number of anilines is 1. The first-order valence-electron chi connectivity index (χ1n) is 11.6. The quantitative estimate of drug-likeness (QED) is 0.556. The monoisotopic (exact) mass is 471 g/mol. The third kappa shape index (κ3) is 5.09. The smallest absolute Gasteiger partial charge is 0.251 e. The van der Waals surface area contributed by atoms with Crippen LogP contribution in [0.2, 0.25) is 0 Å². The van der Waals surface area contributed by atoms with E-state index in [9.17, 15) is 18.4 Å². The lowest BCUT2D eigenvalue weighted by Gasteiger charge is -2.31. The minimum absolute atomic E-state index is 0.000917. The predicted octanol–water partition coefficient (Wildman–Crippen LogP) is 3.17. The second kappa shape index (κ2) is 9.37. The van der Waals surface area contributed by atoms with E-state index in [1.807, 2.05) is 37.2 Å². The summed E-state index contributed by atoms with van der Waals surface area (Å²) in [6, 6.07) is 7.55. The van der Waals surface area contributed by atoms with Gasteiger partial charge in [0, 0.05) is 48.4 Å². The second-order valence-corrected chi connectivity index (χ2v) is 9.75. The molecule has 1 aliphatic carbocycles. The number of alkyl halides is 2. The van der Waals surface area contributed by atoms with Gasteiger partial charge in [-0.2, -0.15) is 0 Å². The van der Waals surface area contributed by atoms with Crippen LogP contribution in [-0.4, -0.2) is 59.3 Å². The molecule has 34 heavy (non-hydrogen) atoms. The zero-order valence-corrected chi connectivity index (χ0v) is 19.8. The van der Waals surface area contributed by atoms with Gasteiger partial charge < -0.3 is 15.5 Å². The van der Waals surface area contributed by atoms with Crippen molar-refractivity contribution in [2.24, 2.45) is 5.41 Å². The summed E-state index contributed by atoms with van der Waals surface area (Å²) in [7, 11) is 3.87. The number of aromatic nitrogens is 2. The second-order valence-electron chi connectivity index (χ2n) is 9.75. The summed E-state index contributed by atoms with van der Waals surface area (Å²) in [5.74, 6) is -3.67. The van der Waals surface area contributed by atoms with Crippen molar-refractivity contribution in [3.8, 4) is 0 Å². The van der Waals surface area contributed by atoms with E-state index in [0.717, 1.165) is 23.7 Å². The number of hydrogen-bond acceptors (Lipinski definition) is 5. The van der Waals surface area contributed by atoms with E-state index in [1.165, 1.54) is 12.4 Å². The van der Waals surface area contributed by atoms with Gasteiger partial charge in [-0.1, -0.05) is 12.1 Å². The number of hydrogen-bond donors (Lipinski definition) is 2. The molecule has 9 heteroatoms. The van der Waals surface area contributed by atoms with Gasteiger partial charge in [0.2, 0.25) is 11.8 Å². The van der Waals surface area contributed by atoms with Crippen molar-refractivity contribution >= 4 is 17.5 Å². The standard InChI is InChI=1S/C25H31F2N5O2/c1-24(26,27)25(7-8-25)19(23-28-9-4-10-29-23)14-21(33)30-15-18(32(2)3)12-16-5-6-20-17(11-16)13-22(34)31-20/h4-6,9-11,18-19H,7-8,12-15H2,1-3H3,(H,30,33)(H,31,34)/t18-,19?/m0/s1. The van der Waals surface area contributed by atoms with Crippen LogP contribution in [0.1, 0.15) is 49.1 Å². The van der Waals surface area contributed by atoms with Gasteiger partial charge >= 0.3 is 0 Å². The largest absolute Gasteiger partial charge is 0.354 e. The van der Waals surface area contributed by atoms with E-state index in [1.54, 1.807) is 6.07 Å². The molecule has 2 atom stereocenters. The summed E-state index contributed by atoms with van der Waals surface area (Å²) >= 11 is 0. The Morgan fingerprint density at radius 1 is 1.26 bits per heavy atom. The summed E-state index contributed by atoms with van der Waals surface area (Å²) in [4.78, 5) is 35.0. The van der Waals surface area contributed by atoms with Crippen LogP contribution in [-0.2, 0) is 22.4 Å². The Bertz CT molecular complexity index is 1050. The molecular weight excluding hydrogens is 440 g/mol. The Morgan fingerprint density at radius 2 is 1.97 bits per heavy atom. The number of rotatable bonds is 10. The SMILES string of the molecule is CN(C)[C@H](CNC(=O)CC(c1ncccn1)C1(C(C)(F)F)CC1)Cc1ccc2c(c1)CC(=O)N2. The minimum Gasteiger partial charge on any atom is -0.354 e. The van der Waals surface area contributed by atoms with Crippen molar-refractivity contribution in [1.29, 1.82) is 0 Å². The Hall–Kier alpha value is -2.94. The highest BCUT2D eigenvalue weighted by Gasteiger charge is 2.64. The third-order valence-electron chi connectivity index (χ3n) is 7.15. The number of carbonyl (C=O) groups excluding carboxylic acids is 2. The normalized spacial score (nSPS) is 18.2. The maximum Gasteiger partial charge on any atom is 0.251 e. The van der Waals surface area contributed by atoms with Crippen LogP contribution in [0.15, 0.2) is 36.7 Å². The van der Waals surface area contributed by atoms with E-state index < -0.39 is 17.3 Å². The molecule has 2 aliphatic rings. The number of halogens is 2. The van der Waals surface area contributed by atoms with Crippen LogP contribution in [0.4, 0.5) is 14.5 Å². The van der Waals surface area contributed by atoms with Crippen LogP contribution >= 0.6 is 0 Å². The molecule has 1 aromatic heterocycles. The topological polar surface area (TPSA) is 87.2 Å². The van der Waals surface area contributed by atoms with Gasteiger partial charge in [-0.3, -0.25) is 9.59 Å². The maximum atomic E-state index is 14.5.